The van der Waals surface area contributed by atoms with Gasteiger partial charge in [-0.25, -0.2) is 4.98 Å². The topological polar surface area (TPSA) is 107 Å². The maximum absolute atomic E-state index is 13.2. The smallest absolute Gasteiger partial charge is 0.260 e. The van der Waals surface area contributed by atoms with Gasteiger partial charge < -0.3 is 15.0 Å². The number of carbonyl (C=O) groups is 2. The molecule has 0 bridgehead atoms. The summed E-state index contributed by atoms with van der Waals surface area (Å²) in [6.45, 7) is 0. The maximum atomic E-state index is 13.2. The number of nitrogens with zero attached hydrogens (tertiary/aromatic N) is 6. The van der Waals surface area contributed by atoms with Gasteiger partial charge in [-0.2, -0.15) is 14.7 Å². The van der Waals surface area contributed by atoms with Crippen LogP contribution < -0.4 is 10.1 Å². The molecule has 2 aliphatic rings. The van der Waals surface area contributed by atoms with Crippen LogP contribution in [0, 0.1) is 18.3 Å². The maximum Gasteiger partial charge on any atom is 0.260 e. The Morgan fingerprint density at radius 2 is 2.19 bits per heavy atom. The summed E-state index contributed by atoms with van der Waals surface area (Å²) in [6, 6.07) is 7.15. The fraction of sp³-hybridized carbons (Fsp3) is 0.370. The zero-order valence-electron chi connectivity index (χ0n) is 20.7. The molecular formula is C27H27N7O3. The summed E-state index contributed by atoms with van der Waals surface area (Å²) in [4.78, 5) is 31.6. The Morgan fingerprint density at radius 1 is 1.32 bits per heavy atom. The number of amides is 2. The van der Waals surface area contributed by atoms with Crippen molar-refractivity contribution in [2.75, 3.05) is 19.5 Å². The molecular weight excluding hydrogens is 470 g/mol. The number of rotatable bonds is 4. The van der Waals surface area contributed by atoms with Crippen LogP contribution in [0.15, 0.2) is 42.9 Å². The molecule has 0 radical (unpaired) electrons. The Bertz CT molecular complexity index is 1580. The largest absolute Gasteiger partial charge is 0.496 e. The van der Waals surface area contributed by atoms with E-state index >= 15 is 0 Å². The molecule has 3 atom stereocenters. The number of methoxy groups -OCH3 is 1. The second-order valence-electron chi connectivity index (χ2n) is 9.87. The molecule has 0 unspecified atom stereocenters. The van der Waals surface area contributed by atoms with Crippen molar-refractivity contribution in [2.24, 2.45) is 5.92 Å². The van der Waals surface area contributed by atoms with Crippen molar-refractivity contribution in [2.45, 2.75) is 43.7 Å². The van der Waals surface area contributed by atoms with E-state index in [9.17, 15) is 9.59 Å². The lowest BCUT2D eigenvalue weighted by atomic mass is 9.72. The molecule has 2 fully saturated rings. The summed E-state index contributed by atoms with van der Waals surface area (Å²) in [7, 11) is 3.42. The number of ether oxygens (including phenoxy) is 1. The van der Waals surface area contributed by atoms with E-state index in [0.29, 0.717) is 34.7 Å². The molecule has 6 rings (SSSR count). The molecule has 1 saturated carbocycles. The molecule has 3 aromatic heterocycles. The quantitative estimate of drug-likeness (QED) is 0.434. The third-order valence-electron chi connectivity index (χ3n) is 8.02. The second-order valence-corrected chi connectivity index (χ2v) is 9.87. The Hall–Kier alpha value is -4.39. The molecule has 1 spiro atoms. The molecule has 1 aliphatic carbocycles. The average molecular weight is 498 g/mol. The van der Waals surface area contributed by atoms with Gasteiger partial charge in [-0.05, 0) is 43.9 Å². The molecule has 4 aromatic rings. The van der Waals surface area contributed by atoms with Crippen LogP contribution in [0.3, 0.4) is 0 Å². The van der Waals surface area contributed by atoms with Gasteiger partial charge >= 0.3 is 0 Å². The number of carbonyl (C=O) groups excluding carboxylic acids is 2. The third kappa shape index (κ3) is 3.69. The first-order valence-corrected chi connectivity index (χ1v) is 12.3. The highest BCUT2D eigenvalue weighted by molar-refractivity contribution is 6.08. The second kappa shape index (κ2) is 8.62. The molecule has 10 heteroatoms. The number of anilines is 1. The lowest BCUT2D eigenvalue weighted by molar-refractivity contribution is -0.130. The predicted molar refractivity (Wildman–Crippen MR) is 137 cm³/mol. The number of hydrogen-bond donors (Lipinski definition) is 1. The molecule has 2 amide bonds. The SMILES string of the molecule is C#C[C@@H]1C[C@]2(CCC(=O)N2C)CC[C@H]1n1cc2cc(C(=O)Nc3cnc4cccnn34)c(OC)cc2n1. The van der Waals surface area contributed by atoms with E-state index in [1.54, 1.807) is 35.1 Å². The van der Waals surface area contributed by atoms with Gasteiger partial charge in [-0.3, -0.25) is 14.3 Å². The molecule has 10 nitrogen and oxygen atoms in total. The zero-order valence-corrected chi connectivity index (χ0v) is 20.7. The minimum atomic E-state index is -0.339. The minimum Gasteiger partial charge on any atom is -0.496 e. The molecule has 1 aliphatic heterocycles. The van der Waals surface area contributed by atoms with Gasteiger partial charge in [0.15, 0.2) is 11.5 Å². The van der Waals surface area contributed by atoms with E-state index in [-0.39, 0.29) is 29.3 Å². The highest BCUT2D eigenvalue weighted by atomic mass is 16.5. The predicted octanol–water partition coefficient (Wildman–Crippen LogP) is 3.31. The van der Waals surface area contributed by atoms with Crippen LogP contribution in [0.4, 0.5) is 5.82 Å². The number of fused-ring (bicyclic) bond motifs is 2. The summed E-state index contributed by atoms with van der Waals surface area (Å²) in [5, 5.41) is 12.7. The van der Waals surface area contributed by atoms with Crippen molar-refractivity contribution >= 4 is 34.2 Å². The lowest BCUT2D eigenvalue weighted by Gasteiger charge is -2.44. The highest BCUT2D eigenvalue weighted by Gasteiger charge is 2.48. The Morgan fingerprint density at radius 3 is 2.95 bits per heavy atom. The summed E-state index contributed by atoms with van der Waals surface area (Å²) in [5.41, 5.74) is 1.57. The van der Waals surface area contributed by atoms with Crippen molar-refractivity contribution in [3.05, 3.63) is 48.4 Å². The van der Waals surface area contributed by atoms with Crippen molar-refractivity contribution in [3.63, 3.8) is 0 Å². The van der Waals surface area contributed by atoms with E-state index in [4.69, 9.17) is 16.3 Å². The summed E-state index contributed by atoms with van der Waals surface area (Å²) >= 11 is 0. The van der Waals surface area contributed by atoms with Gasteiger partial charge in [-0.15, -0.1) is 12.3 Å². The first-order chi connectivity index (χ1) is 17.9. The van der Waals surface area contributed by atoms with Crippen LogP contribution in [0.5, 0.6) is 5.75 Å². The van der Waals surface area contributed by atoms with E-state index in [0.717, 1.165) is 31.1 Å². The number of imidazole rings is 1. The van der Waals surface area contributed by atoms with E-state index in [1.807, 2.05) is 28.9 Å². The van der Waals surface area contributed by atoms with Gasteiger partial charge in [0, 0.05) is 48.8 Å². The standard InChI is InChI=1S/C27H27N7O3/c1-4-17-14-27(10-8-25(35)32(27)2)9-7-21(17)33-16-18-12-19(22(37-3)13-20(18)31-33)26(36)30-24-15-28-23-6-5-11-29-34(23)24/h1,5-6,11-13,15-17,21H,7-10,14H2,2-3H3,(H,30,36)/t17-,21-,27-/m1/s1. The van der Waals surface area contributed by atoms with Crippen LogP contribution in [0.1, 0.15) is 48.5 Å². The molecule has 188 valence electrons. The van der Waals surface area contributed by atoms with Crippen LogP contribution in [-0.2, 0) is 4.79 Å². The van der Waals surface area contributed by atoms with Crippen LogP contribution in [0.25, 0.3) is 16.6 Å². The van der Waals surface area contributed by atoms with Gasteiger partial charge in [0.1, 0.15) is 5.75 Å². The fourth-order valence-electron chi connectivity index (χ4n) is 5.91. The van der Waals surface area contributed by atoms with Crippen molar-refractivity contribution in [1.29, 1.82) is 0 Å². The normalized spacial score (nSPS) is 23.6. The van der Waals surface area contributed by atoms with E-state index in [1.165, 1.54) is 7.11 Å². The number of benzene rings is 1. The summed E-state index contributed by atoms with van der Waals surface area (Å²) < 4.78 is 9.03. The van der Waals surface area contributed by atoms with Gasteiger partial charge in [0.25, 0.3) is 5.91 Å². The fourth-order valence-corrected chi connectivity index (χ4v) is 5.91. The number of aromatic nitrogens is 5. The van der Waals surface area contributed by atoms with Crippen molar-refractivity contribution in [1.82, 2.24) is 29.3 Å². The molecule has 1 N–H and O–H groups in total. The van der Waals surface area contributed by atoms with Gasteiger partial charge in [0.2, 0.25) is 5.91 Å². The highest BCUT2D eigenvalue weighted by Crippen LogP contribution is 2.47. The Kier molecular flexibility index (Phi) is 5.37. The first-order valence-electron chi connectivity index (χ1n) is 12.3. The third-order valence-corrected chi connectivity index (χ3v) is 8.02. The Balaban J connectivity index is 1.29. The monoisotopic (exact) mass is 497 g/mol. The zero-order chi connectivity index (χ0) is 25.7. The van der Waals surface area contributed by atoms with Crippen LogP contribution >= 0.6 is 0 Å². The van der Waals surface area contributed by atoms with Gasteiger partial charge in [0.05, 0.1) is 30.4 Å². The van der Waals surface area contributed by atoms with E-state index in [2.05, 4.69) is 21.3 Å². The summed E-state index contributed by atoms with van der Waals surface area (Å²) in [5.74, 6) is 3.65. The molecule has 4 heterocycles. The van der Waals surface area contributed by atoms with E-state index < -0.39 is 0 Å². The lowest BCUT2D eigenvalue weighted by Crippen LogP contribution is -2.48. The van der Waals surface area contributed by atoms with Crippen molar-refractivity contribution < 1.29 is 14.3 Å². The minimum absolute atomic E-state index is 0.0135. The van der Waals surface area contributed by atoms with Crippen LogP contribution in [-0.4, -0.2) is 60.8 Å². The summed E-state index contributed by atoms with van der Waals surface area (Å²) in [6.07, 6.45) is 15.0. The number of terminal acetylenes is 1. The molecule has 1 aromatic carbocycles. The number of nitrogens with one attached hydrogen (secondary N) is 1. The van der Waals surface area contributed by atoms with Crippen LogP contribution in [0.2, 0.25) is 0 Å². The van der Waals surface area contributed by atoms with Gasteiger partial charge in [-0.1, -0.05) is 0 Å². The number of likely N-dealkylation sites (tertiary alicyclic amines) is 1. The number of hydrogen-bond acceptors (Lipinski definition) is 6. The van der Waals surface area contributed by atoms with Crippen molar-refractivity contribution in [3.8, 4) is 18.1 Å². The average Bonchev–Trinajstić information content (AvgIpc) is 3.60. The first kappa shape index (κ1) is 23.0. The molecule has 1 saturated heterocycles. The molecule has 37 heavy (non-hydrogen) atoms. The Labute approximate surface area is 213 Å².